The molecule has 2 heterocycles. The third kappa shape index (κ3) is 4.84. The van der Waals surface area contributed by atoms with Crippen molar-refractivity contribution in [2.45, 2.75) is 80.1 Å². The third-order valence-corrected chi connectivity index (χ3v) is 9.67. The molecule has 1 saturated heterocycles. The number of likely N-dealkylation sites (N-methyl/N-ethyl adjacent to an activating group) is 1. The third-order valence-electron chi connectivity index (χ3n) is 9.67. The fraction of sp³-hybridized carbons (Fsp3) is 0.469. The Labute approximate surface area is 263 Å². The monoisotopic (exact) mass is 641 g/mol. The normalized spacial score (nSPS) is 29.2. The van der Waals surface area contributed by atoms with Crippen LogP contribution in [0.5, 0.6) is 11.5 Å². The summed E-state index contributed by atoms with van der Waals surface area (Å²) >= 11 is 0. The highest BCUT2D eigenvalue weighted by Gasteiger charge is 2.72. The van der Waals surface area contributed by atoms with E-state index < -0.39 is 65.7 Å². The first-order valence-electron chi connectivity index (χ1n) is 14.8. The Kier molecular flexibility index (Phi) is 8.07. The number of aromatic hydroxyl groups is 1. The molecule has 6 rings (SSSR count). The fourth-order valence-corrected chi connectivity index (χ4v) is 7.36. The number of likely N-dealkylation sites (tertiary alicyclic amines) is 1. The molecule has 14 heteroatoms. The summed E-state index contributed by atoms with van der Waals surface area (Å²) in [5, 5.41) is 63.9. The van der Waals surface area contributed by atoms with E-state index >= 15 is 0 Å². The van der Waals surface area contributed by atoms with Crippen LogP contribution in [0.2, 0.25) is 0 Å². The van der Waals surface area contributed by atoms with E-state index in [9.17, 15) is 45.0 Å². The number of hydrogen-bond donors (Lipinski definition) is 6. The SMILES string of the molecule is C[C@H](OC(O)[C@H](O)[C@@H](O)C(=O)OC1=CC[C@@]2(O)[C@H]3Cc4ccc(O)c5c4C2(CCN3C)[C@H]1O5)C(=O)O[C@H](C(=O)O)c1ccccc1. The molecule has 4 aliphatic rings. The predicted octanol–water partition coefficient (Wildman–Crippen LogP) is 0.0275. The van der Waals surface area contributed by atoms with Crippen molar-refractivity contribution in [3.8, 4) is 11.5 Å². The van der Waals surface area contributed by atoms with Gasteiger partial charge in [-0.3, -0.25) is 0 Å². The van der Waals surface area contributed by atoms with E-state index in [0.29, 0.717) is 24.9 Å². The first-order chi connectivity index (χ1) is 21.8. The first-order valence-corrected chi connectivity index (χ1v) is 14.8. The van der Waals surface area contributed by atoms with Gasteiger partial charge in [0, 0.05) is 23.6 Å². The van der Waals surface area contributed by atoms with Gasteiger partial charge < -0.3 is 54.5 Å². The van der Waals surface area contributed by atoms with Crippen LogP contribution in [-0.4, -0.2) is 109 Å². The molecule has 46 heavy (non-hydrogen) atoms. The molecule has 2 bridgehead atoms. The summed E-state index contributed by atoms with van der Waals surface area (Å²) in [6.07, 6.45) is -8.80. The molecular weight excluding hydrogens is 606 g/mol. The summed E-state index contributed by atoms with van der Waals surface area (Å²) < 4.78 is 21.8. The van der Waals surface area contributed by atoms with Crippen molar-refractivity contribution in [3.05, 3.63) is 71.0 Å². The lowest BCUT2D eigenvalue weighted by Gasteiger charge is -2.61. The number of hydrogen-bond acceptors (Lipinski definition) is 13. The molecule has 2 aliphatic heterocycles. The van der Waals surface area contributed by atoms with Crippen LogP contribution < -0.4 is 4.74 Å². The highest BCUT2D eigenvalue weighted by Crippen LogP contribution is 2.65. The van der Waals surface area contributed by atoms with Crippen molar-refractivity contribution in [3.63, 3.8) is 0 Å². The Morgan fingerprint density at radius 3 is 2.48 bits per heavy atom. The first kappa shape index (κ1) is 31.9. The zero-order valence-corrected chi connectivity index (χ0v) is 25.0. The molecule has 246 valence electrons. The van der Waals surface area contributed by atoms with Crippen LogP contribution in [0.3, 0.4) is 0 Å². The van der Waals surface area contributed by atoms with E-state index in [4.69, 9.17) is 18.9 Å². The minimum atomic E-state index is -2.36. The smallest absolute Gasteiger partial charge is 0.349 e. The molecule has 0 amide bonds. The van der Waals surface area contributed by atoms with Crippen molar-refractivity contribution in [2.24, 2.45) is 0 Å². The van der Waals surface area contributed by atoms with Crippen molar-refractivity contribution in [2.75, 3.05) is 13.6 Å². The lowest BCUT2D eigenvalue weighted by Crippen LogP contribution is -2.74. The van der Waals surface area contributed by atoms with Crippen LogP contribution in [0.1, 0.15) is 42.6 Å². The molecule has 2 aromatic carbocycles. The molecule has 2 aromatic rings. The fourth-order valence-electron chi connectivity index (χ4n) is 7.36. The number of phenols is 1. The maximum absolute atomic E-state index is 13.1. The number of aliphatic hydroxyl groups excluding tert-OH is 3. The summed E-state index contributed by atoms with van der Waals surface area (Å²) in [6, 6.07) is 10.7. The number of aliphatic carboxylic acids is 1. The molecule has 6 N–H and O–H groups in total. The van der Waals surface area contributed by atoms with Gasteiger partial charge in [0.05, 0.1) is 11.0 Å². The zero-order valence-electron chi connectivity index (χ0n) is 25.0. The Bertz CT molecular complexity index is 1580. The molecular formula is C32H35NO13. The van der Waals surface area contributed by atoms with Crippen molar-refractivity contribution >= 4 is 17.9 Å². The van der Waals surface area contributed by atoms with Gasteiger partial charge in [-0.1, -0.05) is 36.4 Å². The molecule has 14 nitrogen and oxygen atoms in total. The van der Waals surface area contributed by atoms with Crippen molar-refractivity contribution < 1.29 is 64.0 Å². The zero-order chi connectivity index (χ0) is 33.1. The number of carboxylic acids is 1. The second-order valence-corrected chi connectivity index (χ2v) is 12.2. The molecule has 0 saturated carbocycles. The summed E-state index contributed by atoms with van der Waals surface area (Å²) in [6.45, 7) is 1.71. The van der Waals surface area contributed by atoms with Crippen molar-refractivity contribution in [1.29, 1.82) is 0 Å². The molecule has 9 atom stereocenters. The maximum atomic E-state index is 13.1. The number of carbonyl (C=O) groups is 3. The number of ether oxygens (including phenoxy) is 4. The van der Waals surface area contributed by atoms with E-state index in [1.807, 2.05) is 7.05 Å². The standard InChI is InChI=1S/C32H35NO13/c1-15(28(39)46-24(27(37)38)16-6-4-3-5-7-16)43-29(40)22(35)23(36)30(41)44-19-10-11-32(42)20-14-17-8-9-18(34)25-21(17)31(32,26(19)45-25)12-13-33(20)2/h3-10,15,20,22-24,26,29,34-36,40,42H,11-14H2,1-2H3,(H,37,38)/t15-,20+,22+,23+,24-,26-,29?,31?,32+/m0/s1. The van der Waals surface area contributed by atoms with Crippen LogP contribution in [0, 0.1) is 0 Å². The second kappa shape index (κ2) is 11.6. The van der Waals surface area contributed by atoms with E-state index in [-0.39, 0.29) is 35.3 Å². The minimum absolute atomic E-state index is 0.0411. The van der Waals surface area contributed by atoms with Crippen LogP contribution in [0.4, 0.5) is 0 Å². The van der Waals surface area contributed by atoms with Gasteiger partial charge in [0.1, 0.15) is 11.9 Å². The second-order valence-electron chi connectivity index (χ2n) is 12.2. The number of phenolic OH excluding ortho intramolecular Hbond substituents is 1. The number of esters is 2. The Morgan fingerprint density at radius 2 is 1.78 bits per heavy atom. The Balaban J connectivity index is 1.14. The van der Waals surface area contributed by atoms with E-state index in [1.54, 1.807) is 24.3 Å². The lowest BCUT2D eigenvalue weighted by molar-refractivity contribution is -0.221. The van der Waals surface area contributed by atoms with Crippen LogP contribution >= 0.6 is 0 Å². The maximum Gasteiger partial charge on any atom is 0.349 e. The molecule has 2 unspecified atom stereocenters. The van der Waals surface area contributed by atoms with Gasteiger partial charge in [-0.05, 0) is 51.1 Å². The largest absolute Gasteiger partial charge is 0.504 e. The topological polar surface area (TPSA) is 213 Å². The van der Waals surface area contributed by atoms with Gasteiger partial charge in [0.15, 0.2) is 36.1 Å². The Hall–Kier alpha value is -4.05. The average Bonchev–Trinajstić information content (AvgIpc) is 3.39. The van der Waals surface area contributed by atoms with Crippen LogP contribution in [-0.2, 0) is 40.4 Å². The molecule has 1 fully saturated rings. The number of piperidine rings is 1. The number of benzene rings is 2. The number of carbonyl (C=O) groups excluding carboxylic acids is 2. The molecule has 0 aromatic heterocycles. The summed E-state index contributed by atoms with van der Waals surface area (Å²) in [5.74, 6) is -4.00. The number of rotatable bonds is 10. The molecule has 2 aliphatic carbocycles. The highest BCUT2D eigenvalue weighted by atomic mass is 16.7. The van der Waals surface area contributed by atoms with Crippen molar-refractivity contribution in [1.82, 2.24) is 4.90 Å². The van der Waals surface area contributed by atoms with Gasteiger partial charge in [-0.15, -0.1) is 0 Å². The van der Waals surface area contributed by atoms with E-state index in [1.165, 1.54) is 24.3 Å². The van der Waals surface area contributed by atoms with E-state index in [2.05, 4.69) is 4.90 Å². The summed E-state index contributed by atoms with van der Waals surface area (Å²) in [5.41, 5.74) is -0.653. The predicted molar refractivity (Wildman–Crippen MR) is 154 cm³/mol. The summed E-state index contributed by atoms with van der Waals surface area (Å²) in [4.78, 5) is 39.4. The molecule has 0 radical (unpaired) electrons. The lowest BCUT2D eigenvalue weighted by atomic mass is 9.50. The number of carboxylic acid groups (broad SMARTS) is 1. The highest BCUT2D eigenvalue weighted by molar-refractivity contribution is 5.81. The van der Waals surface area contributed by atoms with Gasteiger partial charge in [-0.25, -0.2) is 14.4 Å². The molecule has 1 spiro atoms. The van der Waals surface area contributed by atoms with Gasteiger partial charge in [-0.2, -0.15) is 0 Å². The van der Waals surface area contributed by atoms with Crippen LogP contribution in [0.15, 0.2) is 54.3 Å². The quantitative estimate of drug-likeness (QED) is 0.149. The van der Waals surface area contributed by atoms with Gasteiger partial charge >= 0.3 is 17.9 Å². The summed E-state index contributed by atoms with van der Waals surface area (Å²) in [7, 11) is 1.92. The van der Waals surface area contributed by atoms with E-state index in [0.717, 1.165) is 12.5 Å². The van der Waals surface area contributed by atoms with Crippen LogP contribution in [0.25, 0.3) is 0 Å². The minimum Gasteiger partial charge on any atom is -0.504 e. The van der Waals surface area contributed by atoms with Gasteiger partial charge in [0.2, 0.25) is 6.10 Å². The van der Waals surface area contributed by atoms with Gasteiger partial charge in [0.25, 0.3) is 0 Å². The average molecular weight is 642 g/mol. The Morgan fingerprint density at radius 1 is 1.07 bits per heavy atom. The number of aliphatic hydroxyl groups is 4. The number of nitrogens with zero attached hydrogens (tertiary/aromatic N) is 1.